The molecule has 7 heteroatoms. The van der Waals surface area contributed by atoms with E-state index >= 15 is 0 Å². The number of carbonyl (C=O) groups is 1. The van der Waals surface area contributed by atoms with E-state index < -0.39 is 11.2 Å². The van der Waals surface area contributed by atoms with Gasteiger partial charge in [-0.25, -0.2) is 10.3 Å². The normalized spacial score (nSPS) is 20.2. The summed E-state index contributed by atoms with van der Waals surface area (Å²) < 4.78 is 0. The number of nitrogens with zero attached hydrogens (tertiary/aromatic N) is 1. The maximum absolute atomic E-state index is 10.8. The lowest BCUT2D eigenvalue weighted by Gasteiger charge is -2.23. The highest BCUT2D eigenvalue weighted by molar-refractivity contribution is 5.77. The zero-order chi connectivity index (χ0) is 11.5. The summed E-state index contributed by atoms with van der Waals surface area (Å²) in [5, 5.41) is 13.4. The summed E-state index contributed by atoms with van der Waals surface area (Å²) in [6.07, 6.45) is -0.558. The standard InChI is InChI=1S/C9H9N3O4/c13-8-5-10-9(16-11-8)6-2-1-3-7(4-6)12(14)15/h1-4,9-10H,5H2,(H,11,13). The Morgan fingerprint density at radius 2 is 2.31 bits per heavy atom. The van der Waals surface area contributed by atoms with Gasteiger partial charge in [0.15, 0.2) is 6.23 Å². The van der Waals surface area contributed by atoms with Crippen molar-refractivity contribution in [2.24, 2.45) is 0 Å². The summed E-state index contributed by atoms with van der Waals surface area (Å²) in [5.74, 6) is -0.276. The lowest BCUT2D eigenvalue weighted by Crippen LogP contribution is -2.45. The van der Waals surface area contributed by atoms with Crippen molar-refractivity contribution in [2.45, 2.75) is 6.23 Å². The second-order valence-corrected chi connectivity index (χ2v) is 3.26. The molecule has 1 aliphatic heterocycles. The molecule has 1 atom stereocenters. The smallest absolute Gasteiger partial charge is 0.269 e. The van der Waals surface area contributed by atoms with Crippen LogP contribution in [-0.2, 0) is 9.63 Å². The third-order valence-corrected chi connectivity index (χ3v) is 2.12. The Bertz CT molecular complexity index is 425. The van der Waals surface area contributed by atoms with Gasteiger partial charge in [-0.1, -0.05) is 12.1 Å². The number of carbonyl (C=O) groups excluding carboxylic acids is 1. The molecule has 1 heterocycles. The number of nitro benzene ring substituents is 1. The summed E-state index contributed by atoms with van der Waals surface area (Å²) in [6, 6.07) is 6.04. The topological polar surface area (TPSA) is 93.5 Å². The first kappa shape index (κ1) is 10.5. The highest BCUT2D eigenvalue weighted by Gasteiger charge is 2.21. The SMILES string of the molecule is O=C1CNC(c2cccc([N+](=O)[O-])c2)ON1. The number of hydrogen-bond acceptors (Lipinski definition) is 5. The second kappa shape index (κ2) is 4.25. The van der Waals surface area contributed by atoms with Crippen LogP contribution in [0.1, 0.15) is 11.8 Å². The van der Waals surface area contributed by atoms with Crippen molar-refractivity contribution in [3.63, 3.8) is 0 Å². The second-order valence-electron chi connectivity index (χ2n) is 3.26. The van der Waals surface area contributed by atoms with Crippen LogP contribution in [-0.4, -0.2) is 17.4 Å². The first-order valence-electron chi connectivity index (χ1n) is 4.59. The molecule has 2 N–H and O–H groups in total. The molecule has 1 aromatic carbocycles. The maximum atomic E-state index is 10.8. The van der Waals surface area contributed by atoms with E-state index in [0.717, 1.165) is 0 Å². The van der Waals surface area contributed by atoms with Gasteiger partial charge in [-0.3, -0.25) is 20.2 Å². The van der Waals surface area contributed by atoms with Crippen LogP contribution >= 0.6 is 0 Å². The number of nitro groups is 1. The minimum atomic E-state index is -0.558. The van der Waals surface area contributed by atoms with Gasteiger partial charge in [-0.15, -0.1) is 0 Å². The predicted molar refractivity (Wildman–Crippen MR) is 53.1 cm³/mol. The molecule has 0 saturated carbocycles. The van der Waals surface area contributed by atoms with Gasteiger partial charge >= 0.3 is 0 Å². The van der Waals surface area contributed by atoms with Gasteiger partial charge in [-0.2, -0.15) is 0 Å². The Hall–Kier alpha value is -1.99. The van der Waals surface area contributed by atoms with Crippen LogP contribution in [0.4, 0.5) is 5.69 Å². The highest BCUT2D eigenvalue weighted by Crippen LogP contribution is 2.20. The van der Waals surface area contributed by atoms with Gasteiger partial charge < -0.3 is 0 Å². The molecule has 0 spiro atoms. The fourth-order valence-electron chi connectivity index (χ4n) is 1.38. The van der Waals surface area contributed by atoms with Crippen LogP contribution in [0.2, 0.25) is 0 Å². The van der Waals surface area contributed by atoms with E-state index in [9.17, 15) is 14.9 Å². The van der Waals surface area contributed by atoms with Gasteiger partial charge in [0.25, 0.3) is 11.6 Å². The molecular formula is C9H9N3O4. The number of hydrogen-bond donors (Lipinski definition) is 2. The summed E-state index contributed by atoms with van der Waals surface area (Å²) in [4.78, 5) is 25.9. The Kier molecular flexibility index (Phi) is 2.80. The molecule has 1 amide bonds. The van der Waals surface area contributed by atoms with Gasteiger partial charge in [0.1, 0.15) is 0 Å². The Balaban J connectivity index is 2.17. The number of nitrogens with one attached hydrogen (secondary N) is 2. The Labute approximate surface area is 90.5 Å². The monoisotopic (exact) mass is 223 g/mol. The average Bonchev–Trinajstić information content (AvgIpc) is 2.30. The quantitative estimate of drug-likeness (QED) is 0.553. The van der Waals surface area contributed by atoms with E-state index in [1.807, 2.05) is 0 Å². The molecule has 1 aliphatic rings. The number of amides is 1. The molecule has 84 valence electrons. The van der Waals surface area contributed by atoms with Crippen molar-refractivity contribution < 1.29 is 14.6 Å². The van der Waals surface area contributed by atoms with E-state index in [4.69, 9.17) is 4.84 Å². The van der Waals surface area contributed by atoms with E-state index in [2.05, 4.69) is 10.8 Å². The van der Waals surface area contributed by atoms with Crippen LogP contribution < -0.4 is 10.8 Å². The van der Waals surface area contributed by atoms with Gasteiger partial charge in [0, 0.05) is 17.7 Å². The average molecular weight is 223 g/mol. The molecule has 0 bridgehead atoms. The van der Waals surface area contributed by atoms with E-state index in [1.54, 1.807) is 12.1 Å². The summed E-state index contributed by atoms with van der Waals surface area (Å²) in [5.41, 5.74) is 2.79. The third-order valence-electron chi connectivity index (χ3n) is 2.12. The van der Waals surface area contributed by atoms with Crippen molar-refractivity contribution in [2.75, 3.05) is 6.54 Å². The lowest BCUT2D eigenvalue weighted by atomic mass is 10.1. The molecule has 1 unspecified atom stereocenters. The number of rotatable bonds is 2. The first-order valence-corrected chi connectivity index (χ1v) is 4.59. The van der Waals surface area contributed by atoms with Crippen LogP contribution in [0.3, 0.4) is 0 Å². The predicted octanol–water partition coefficient (Wildman–Crippen LogP) is 0.244. The van der Waals surface area contributed by atoms with Crippen LogP contribution in [0.5, 0.6) is 0 Å². The summed E-state index contributed by atoms with van der Waals surface area (Å²) >= 11 is 0. The van der Waals surface area contributed by atoms with E-state index in [0.29, 0.717) is 5.56 Å². The summed E-state index contributed by atoms with van der Waals surface area (Å²) in [6.45, 7) is 0.118. The van der Waals surface area contributed by atoms with Crippen LogP contribution in [0.25, 0.3) is 0 Å². The van der Waals surface area contributed by atoms with Crippen molar-refractivity contribution in [1.29, 1.82) is 0 Å². The van der Waals surface area contributed by atoms with Crippen LogP contribution in [0, 0.1) is 10.1 Å². The summed E-state index contributed by atoms with van der Waals surface area (Å²) in [7, 11) is 0. The number of non-ortho nitro benzene ring substituents is 1. The van der Waals surface area contributed by atoms with Crippen molar-refractivity contribution in [3.05, 3.63) is 39.9 Å². The van der Waals surface area contributed by atoms with Gasteiger partial charge in [0.2, 0.25) is 0 Å². The molecule has 0 radical (unpaired) electrons. The van der Waals surface area contributed by atoms with E-state index in [-0.39, 0.29) is 18.1 Å². The minimum Gasteiger partial charge on any atom is -0.277 e. The van der Waals surface area contributed by atoms with Crippen molar-refractivity contribution in [3.8, 4) is 0 Å². The van der Waals surface area contributed by atoms with Crippen LogP contribution in [0.15, 0.2) is 24.3 Å². The fraction of sp³-hybridized carbons (Fsp3) is 0.222. The Morgan fingerprint density at radius 1 is 1.50 bits per heavy atom. The fourth-order valence-corrected chi connectivity index (χ4v) is 1.38. The minimum absolute atomic E-state index is 0.0141. The molecule has 7 nitrogen and oxygen atoms in total. The molecule has 16 heavy (non-hydrogen) atoms. The zero-order valence-electron chi connectivity index (χ0n) is 8.17. The third kappa shape index (κ3) is 2.15. The molecular weight excluding hydrogens is 214 g/mol. The number of hydroxylamine groups is 1. The highest BCUT2D eigenvalue weighted by atomic mass is 16.7. The molecule has 1 aromatic rings. The molecule has 0 aliphatic carbocycles. The maximum Gasteiger partial charge on any atom is 0.269 e. The first-order chi connectivity index (χ1) is 7.66. The number of benzene rings is 1. The van der Waals surface area contributed by atoms with Gasteiger partial charge in [0.05, 0.1) is 11.5 Å². The molecule has 1 fully saturated rings. The molecule has 2 rings (SSSR count). The molecule has 1 saturated heterocycles. The van der Waals surface area contributed by atoms with Crippen molar-refractivity contribution in [1.82, 2.24) is 10.8 Å². The van der Waals surface area contributed by atoms with Gasteiger partial charge in [-0.05, 0) is 0 Å². The largest absolute Gasteiger partial charge is 0.277 e. The van der Waals surface area contributed by atoms with Crippen molar-refractivity contribution >= 4 is 11.6 Å². The zero-order valence-corrected chi connectivity index (χ0v) is 8.17. The van der Waals surface area contributed by atoms with E-state index in [1.165, 1.54) is 12.1 Å². The lowest BCUT2D eigenvalue weighted by molar-refractivity contribution is -0.385. The Morgan fingerprint density at radius 3 is 2.94 bits per heavy atom. The molecule has 0 aromatic heterocycles.